The van der Waals surface area contributed by atoms with E-state index >= 15 is 0 Å². The highest BCUT2D eigenvalue weighted by Gasteiger charge is 2.57. The molecule has 1 aliphatic heterocycles. The van der Waals surface area contributed by atoms with E-state index in [2.05, 4.69) is 6.07 Å². The van der Waals surface area contributed by atoms with E-state index in [1.807, 2.05) is 30.2 Å². The van der Waals surface area contributed by atoms with E-state index in [1.54, 1.807) is 12.1 Å². The van der Waals surface area contributed by atoms with Gasteiger partial charge in [0.2, 0.25) is 0 Å². The van der Waals surface area contributed by atoms with Crippen molar-refractivity contribution in [2.45, 2.75) is 5.92 Å². The van der Waals surface area contributed by atoms with Crippen molar-refractivity contribution >= 4 is 5.71 Å². The highest BCUT2D eigenvalue weighted by molar-refractivity contribution is 6.00. The quantitative estimate of drug-likeness (QED) is 0.799. The van der Waals surface area contributed by atoms with Crippen LogP contribution in [-0.4, -0.2) is 30.7 Å². The molecule has 124 valence electrons. The van der Waals surface area contributed by atoms with Crippen LogP contribution in [-0.2, 0) is 0 Å². The molecule has 1 fully saturated rings. The van der Waals surface area contributed by atoms with Crippen LogP contribution in [0.1, 0.15) is 11.5 Å². The Hall–Kier alpha value is -3.01. The maximum Gasteiger partial charge on any atom is 0.189 e. The Morgan fingerprint density at radius 1 is 1.20 bits per heavy atom. The molecule has 0 aromatic heterocycles. The fourth-order valence-corrected chi connectivity index (χ4v) is 4.00. The van der Waals surface area contributed by atoms with Crippen molar-refractivity contribution in [2.24, 2.45) is 17.3 Å². The largest absolute Gasteiger partial charge is 0.305 e. The van der Waals surface area contributed by atoms with E-state index in [0.717, 1.165) is 5.57 Å². The molecule has 0 amide bonds. The summed E-state index contributed by atoms with van der Waals surface area (Å²) in [4.78, 5) is 2.05. The van der Waals surface area contributed by atoms with Crippen molar-refractivity contribution in [3.05, 3.63) is 47.3 Å². The van der Waals surface area contributed by atoms with Gasteiger partial charge in [-0.05, 0) is 30.3 Å². The molecule has 1 aromatic carbocycles. The van der Waals surface area contributed by atoms with Gasteiger partial charge in [0, 0.05) is 24.9 Å². The van der Waals surface area contributed by atoms with Crippen LogP contribution < -0.4 is 0 Å². The first-order valence-corrected chi connectivity index (χ1v) is 7.93. The number of hydrogen-bond acceptors (Lipinski definition) is 5. The minimum Gasteiger partial charge on any atom is -0.305 e. The van der Waals surface area contributed by atoms with Gasteiger partial charge in [-0.2, -0.15) is 15.8 Å². The lowest BCUT2D eigenvalue weighted by atomic mass is 9.54. The highest BCUT2D eigenvalue weighted by atomic mass is 19.1. The molecule has 0 bridgehead atoms. The third-order valence-electron chi connectivity index (χ3n) is 5.20. The zero-order valence-electron chi connectivity index (χ0n) is 13.7. The van der Waals surface area contributed by atoms with Gasteiger partial charge in [0.15, 0.2) is 5.41 Å². The van der Waals surface area contributed by atoms with Gasteiger partial charge in [0.05, 0.1) is 23.9 Å². The SMILES string of the molecule is CN1CC=C2C(C#N)C(=N)C(C#N)(C#N)[C@H](c3ccc(F)cc3)[C@H]2C1. The first kappa shape index (κ1) is 16.8. The predicted octanol–water partition coefficient (Wildman–Crippen LogP) is 2.60. The first-order valence-electron chi connectivity index (χ1n) is 7.93. The second-order valence-corrected chi connectivity index (χ2v) is 6.57. The third-order valence-corrected chi connectivity index (χ3v) is 5.20. The molecule has 1 heterocycles. The van der Waals surface area contributed by atoms with Crippen molar-refractivity contribution < 1.29 is 4.39 Å². The lowest BCUT2D eigenvalue weighted by Gasteiger charge is -2.47. The number of halogens is 1. The minimum atomic E-state index is -1.74. The van der Waals surface area contributed by atoms with E-state index in [4.69, 9.17) is 5.41 Å². The summed E-state index contributed by atoms with van der Waals surface area (Å²) in [5.41, 5.74) is -0.488. The van der Waals surface area contributed by atoms with Crippen LogP contribution in [0.25, 0.3) is 0 Å². The van der Waals surface area contributed by atoms with Crippen LogP contribution in [0.5, 0.6) is 0 Å². The molecule has 1 aliphatic carbocycles. The lowest BCUT2D eigenvalue weighted by Crippen LogP contribution is -2.52. The fraction of sp³-hybridized carbons (Fsp3) is 0.368. The Balaban J connectivity index is 2.25. The molecule has 0 radical (unpaired) electrons. The number of hydrogen-bond donors (Lipinski definition) is 1. The molecule has 2 aliphatic rings. The fourth-order valence-electron chi connectivity index (χ4n) is 4.00. The number of rotatable bonds is 1. The number of nitrogens with zero attached hydrogens (tertiary/aromatic N) is 4. The molecule has 3 atom stereocenters. The first-order chi connectivity index (χ1) is 12.0. The maximum atomic E-state index is 13.4. The van der Waals surface area contributed by atoms with Gasteiger partial charge in [0.25, 0.3) is 0 Å². The Kier molecular flexibility index (Phi) is 4.13. The molecule has 0 saturated heterocycles. The molecule has 1 saturated carbocycles. The summed E-state index contributed by atoms with van der Waals surface area (Å²) in [5, 5.41) is 37.7. The number of benzene rings is 1. The standard InChI is InChI=1S/C19H16FN5/c1-25-7-6-14-15(8-21)18(24)19(10-22,11-23)17(16(14)9-25)12-2-4-13(20)5-3-12/h2-6,15-17,24H,7,9H2,1H3/t15?,16-,17+/m0/s1. The second kappa shape index (κ2) is 6.13. The van der Waals surface area contributed by atoms with E-state index in [9.17, 15) is 20.2 Å². The molecule has 3 rings (SSSR count). The van der Waals surface area contributed by atoms with Crippen molar-refractivity contribution in [3.8, 4) is 18.2 Å². The Morgan fingerprint density at radius 2 is 1.84 bits per heavy atom. The van der Waals surface area contributed by atoms with Crippen molar-refractivity contribution in [1.82, 2.24) is 4.90 Å². The number of fused-ring (bicyclic) bond motifs is 1. The summed E-state index contributed by atoms with van der Waals surface area (Å²) in [5.74, 6) is -2.13. The van der Waals surface area contributed by atoms with Gasteiger partial charge in [-0.25, -0.2) is 4.39 Å². The average molecular weight is 333 g/mol. The zero-order valence-corrected chi connectivity index (χ0v) is 13.7. The minimum absolute atomic E-state index is 0.179. The van der Waals surface area contributed by atoms with E-state index < -0.39 is 23.1 Å². The van der Waals surface area contributed by atoms with Crippen molar-refractivity contribution in [1.29, 1.82) is 21.2 Å². The van der Waals surface area contributed by atoms with E-state index in [1.165, 1.54) is 12.1 Å². The molecule has 1 unspecified atom stereocenters. The normalized spacial score (nSPS) is 28.0. The molecule has 1 aromatic rings. The second-order valence-electron chi connectivity index (χ2n) is 6.57. The number of likely N-dealkylation sites (N-methyl/N-ethyl adjacent to an activating group) is 1. The maximum absolute atomic E-state index is 13.4. The smallest absolute Gasteiger partial charge is 0.189 e. The Morgan fingerprint density at radius 3 is 2.40 bits per heavy atom. The Labute approximate surface area is 145 Å². The highest BCUT2D eigenvalue weighted by Crippen LogP contribution is 2.53. The molecular formula is C19H16FN5. The van der Waals surface area contributed by atoms with Crippen LogP contribution in [0.4, 0.5) is 4.39 Å². The van der Waals surface area contributed by atoms with Gasteiger partial charge < -0.3 is 10.3 Å². The van der Waals surface area contributed by atoms with Gasteiger partial charge >= 0.3 is 0 Å². The molecule has 1 N–H and O–H groups in total. The van der Waals surface area contributed by atoms with Crippen LogP contribution >= 0.6 is 0 Å². The van der Waals surface area contributed by atoms with E-state index in [-0.39, 0.29) is 11.6 Å². The number of nitrogens with one attached hydrogen (secondary N) is 1. The average Bonchev–Trinajstić information content (AvgIpc) is 2.62. The molecule has 5 nitrogen and oxygen atoms in total. The monoisotopic (exact) mass is 333 g/mol. The summed E-state index contributed by atoms with van der Waals surface area (Å²) in [6.07, 6.45) is 1.92. The summed E-state index contributed by atoms with van der Waals surface area (Å²) in [6.45, 7) is 1.23. The van der Waals surface area contributed by atoms with Crippen LogP contribution in [0, 0.1) is 62.5 Å². The topological polar surface area (TPSA) is 98.5 Å². The summed E-state index contributed by atoms with van der Waals surface area (Å²) in [6, 6.07) is 11.9. The predicted molar refractivity (Wildman–Crippen MR) is 88.7 cm³/mol. The molecule has 6 heteroatoms. The lowest BCUT2D eigenvalue weighted by molar-refractivity contribution is 0.235. The zero-order chi connectivity index (χ0) is 18.2. The third kappa shape index (κ3) is 2.41. The molecular weight excluding hydrogens is 317 g/mol. The van der Waals surface area contributed by atoms with Crippen LogP contribution in [0.2, 0.25) is 0 Å². The number of nitriles is 3. The van der Waals surface area contributed by atoms with Gasteiger partial charge in [0.1, 0.15) is 11.7 Å². The van der Waals surface area contributed by atoms with Crippen molar-refractivity contribution in [3.63, 3.8) is 0 Å². The van der Waals surface area contributed by atoms with Crippen molar-refractivity contribution in [2.75, 3.05) is 20.1 Å². The molecule has 25 heavy (non-hydrogen) atoms. The van der Waals surface area contributed by atoms with E-state index in [0.29, 0.717) is 18.7 Å². The van der Waals surface area contributed by atoms with Gasteiger partial charge in [-0.1, -0.05) is 18.2 Å². The van der Waals surface area contributed by atoms with Gasteiger partial charge in [-0.15, -0.1) is 0 Å². The Bertz CT molecular complexity index is 851. The summed E-state index contributed by atoms with van der Waals surface area (Å²) in [7, 11) is 1.93. The summed E-state index contributed by atoms with van der Waals surface area (Å²) < 4.78 is 13.4. The van der Waals surface area contributed by atoms with Gasteiger partial charge in [-0.3, -0.25) is 0 Å². The van der Waals surface area contributed by atoms with Crippen LogP contribution in [0.15, 0.2) is 35.9 Å². The summed E-state index contributed by atoms with van der Waals surface area (Å²) >= 11 is 0. The van der Waals surface area contributed by atoms with Crippen LogP contribution in [0.3, 0.4) is 0 Å². The molecule has 0 spiro atoms.